The Morgan fingerprint density at radius 3 is 2.45 bits per heavy atom. The van der Waals surface area contributed by atoms with E-state index < -0.39 is 0 Å². The molecular weight excluding hydrogens is 316 g/mol. The lowest BCUT2D eigenvalue weighted by Gasteiger charge is -2.04. The molecule has 1 amide bonds. The van der Waals surface area contributed by atoms with Crippen LogP contribution < -0.4 is 5.43 Å². The van der Waals surface area contributed by atoms with Crippen LogP contribution in [0.1, 0.15) is 28.4 Å². The second-order valence-corrected chi connectivity index (χ2v) is 5.43. The molecule has 2 aromatic carbocycles. The summed E-state index contributed by atoms with van der Waals surface area (Å²) in [5.41, 5.74) is 6.09. The van der Waals surface area contributed by atoms with E-state index in [1.165, 1.54) is 5.56 Å². The number of hydrogen-bond acceptors (Lipinski definition) is 2. The maximum Gasteiger partial charge on any atom is 0.271 e. The molecule has 3 nitrogen and oxygen atoms in total. The summed E-state index contributed by atoms with van der Waals surface area (Å²) in [4.78, 5) is 11.9. The Balaban J connectivity index is 2.08. The second-order valence-electron chi connectivity index (χ2n) is 4.51. The number of carbonyl (C=O) groups is 1. The van der Waals surface area contributed by atoms with Gasteiger partial charge in [-0.15, -0.1) is 0 Å². The van der Waals surface area contributed by atoms with E-state index in [0.29, 0.717) is 5.56 Å². The van der Waals surface area contributed by atoms with Gasteiger partial charge in [-0.3, -0.25) is 4.79 Å². The van der Waals surface area contributed by atoms with Crippen LogP contribution >= 0.6 is 15.9 Å². The van der Waals surface area contributed by atoms with E-state index in [1.54, 1.807) is 12.1 Å². The lowest BCUT2D eigenvalue weighted by Crippen LogP contribution is -2.19. The van der Waals surface area contributed by atoms with Crippen LogP contribution in [0.15, 0.2) is 58.1 Å². The second kappa shape index (κ2) is 6.48. The molecule has 102 valence electrons. The third-order valence-electron chi connectivity index (χ3n) is 2.88. The molecule has 20 heavy (non-hydrogen) atoms. The van der Waals surface area contributed by atoms with Crippen molar-refractivity contribution in [3.8, 4) is 0 Å². The molecule has 2 rings (SSSR count). The van der Waals surface area contributed by atoms with Crippen molar-refractivity contribution < 1.29 is 4.79 Å². The SMILES string of the molecule is CC(=NNC(=O)c1cccc(Br)c1)c1ccc(C)cc1. The fraction of sp³-hybridized carbons (Fsp3) is 0.125. The van der Waals surface area contributed by atoms with Crippen molar-refractivity contribution in [3.63, 3.8) is 0 Å². The highest BCUT2D eigenvalue weighted by molar-refractivity contribution is 9.10. The molecule has 0 heterocycles. The number of hydrogen-bond donors (Lipinski definition) is 1. The van der Waals surface area contributed by atoms with Gasteiger partial charge in [0.1, 0.15) is 0 Å². The van der Waals surface area contributed by atoms with Gasteiger partial charge in [0.05, 0.1) is 5.71 Å². The molecule has 0 aliphatic heterocycles. The maximum absolute atomic E-state index is 11.9. The topological polar surface area (TPSA) is 41.5 Å². The maximum atomic E-state index is 11.9. The van der Waals surface area contributed by atoms with Gasteiger partial charge in [0, 0.05) is 10.0 Å². The minimum absolute atomic E-state index is 0.224. The molecular formula is C16H15BrN2O. The molecule has 0 aliphatic carbocycles. The van der Waals surface area contributed by atoms with E-state index >= 15 is 0 Å². The van der Waals surface area contributed by atoms with Gasteiger partial charge in [0.2, 0.25) is 0 Å². The van der Waals surface area contributed by atoms with Crippen molar-refractivity contribution in [1.29, 1.82) is 0 Å². The molecule has 2 aromatic rings. The Labute approximate surface area is 126 Å². The highest BCUT2D eigenvalue weighted by Gasteiger charge is 2.05. The van der Waals surface area contributed by atoms with Gasteiger partial charge in [-0.2, -0.15) is 5.10 Å². The summed E-state index contributed by atoms with van der Waals surface area (Å²) in [6, 6.07) is 15.2. The summed E-state index contributed by atoms with van der Waals surface area (Å²) < 4.78 is 0.865. The Morgan fingerprint density at radius 2 is 1.80 bits per heavy atom. The van der Waals surface area contributed by atoms with Crippen LogP contribution in [0.3, 0.4) is 0 Å². The number of nitrogens with zero attached hydrogens (tertiary/aromatic N) is 1. The van der Waals surface area contributed by atoms with Crippen molar-refractivity contribution in [1.82, 2.24) is 5.43 Å². The Hall–Kier alpha value is -1.94. The zero-order chi connectivity index (χ0) is 14.5. The monoisotopic (exact) mass is 330 g/mol. The van der Waals surface area contributed by atoms with Crippen LogP contribution in [-0.4, -0.2) is 11.6 Å². The molecule has 1 N–H and O–H groups in total. The summed E-state index contributed by atoms with van der Waals surface area (Å²) >= 11 is 3.34. The highest BCUT2D eigenvalue weighted by Crippen LogP contribution is 2.11. The number of hydrazone groups is 1. The fourth-order valence-corrected chi connectivity index (χ4v) is 2.09. The number of benzene rings is 2. The summed E-state index contributed by atoms with van der Waals surface area (Å²) in [7, 11) is 0. The predicted octanol–water partition coefficient (Wildman–Crippen LogP) is 3.91. The number of amides is 1. The van der Waals surface area contributed by atoms with Crippen LogP contribution in [0.25, 0.3) is 0 Å². The lowest BCUT2D eigenvalue weighted by molar-refractivity contribution is 0.0955. The van der Waals surface area contributed by atoms with Crippen molar-refractivity contribution in [2.75, 3.05) is 0 Å². The van der Waals surface area contributed by atoms with Gasteiger partial charge in [0.15, 0.2) is 0 Å². The molecule has 0 radical (unpaired) electrons. The quantitative estimate of drug-likeness (QED) is 0.672. The summed E-state index contributed by atoms with van der Waals surface area (Å²) in [6.45, 7) is 3.90. The largest absolute Gasteiger partial charge is 0.271 e. The van der Waals surface area contributed by atoms with Gasteiger partial charge < -0.3 is 0 Å². The first-order valence-electron chi connectivity index (χ1n) is 6.23. The summed E-state index contributed by atoms with van der Waals surface area (Å²) in [6.07, 6.45) is 0. The average molecular weight is 331 g/mol. The molecule has 0 atom stereocenters. The molecule has 0 saturated carbocycles. The minimum atomic E-state index is -0.224. The first kappa shape index (κ1) is 14.5. The number of nitrogens with one attached hydrogen (secondary N) is 1. The molecule has 0 unspecified atom stereocenters. The van der Waals surface area contributed by atoms with Crippen LogP contribution in [0.2, 0.25) is 0 Å². The smallest absolute Gasteiger partial charge is 0.267 e. The van der Waals surface area contributed by atoms with Crippen molar-refractivity contribution in [3.05, 3.63) is 69.7 Å². The van der Waals surface area contributed by atoms with Crippen LogP contribution in [0.4, 0.5) is 0 Å². The molecule has 4 heteroatoms. The van der Waals surface area contributed by atoms with Crippen molar-refractivity contribution >= 4 is 27.5 Å². The van der Waals surface area contributed by atoms with Gasteiger partial charge >= 0.3 is 0 Å². The van der Waals surface area contributed by atoms with Gasteiger partial charge in [0.25, 0.3) is 5.91 Å². The van der Waals surface area contributed by atoms with Crippen LogP contribution in [0, 0.1) is 6.92 Å². The Kier molecular flexibility index (Phi) is 4.69. The fourth-order valence-electron chi connectivity index (χ4n) is 1.69. The molecule has 0 bridgehead atoms. The van der Waals surface area contributed by atoms with E-state index in [0.717, 1.165) is 15.7 Å². The first-order chi connectivity index (χ1) is 9.56. The minimum Gasteiger partial charge on any atom is -0.267 e. The van der Waals surface area contributed by atoms with Crippen molar-refractivity contribution in [2.45, 2.75) is 13.8 Å². The van der Waals surface area contributed by atoms with Gasteiger partial charge in [-0.25, -0.2) is 5.43 Å². The van der Waals surface area contributed by atoms with Gasteiger partial charge in [-0.1, -0.05) is 51.8 Å². The molecule has 0 aromatic heterocycles. The Bertz CT molecular complexity index is 648. The normalized spacial score (nSPS) is 11.2. The van der Waals surface area contributed by atoms with Crippen LogP contribution in [-0.2, 0) is 0 Å². The van der Waals surface area contributed by atoms with Crippen molar-refractivity contribution in [2.24, 2.45) is 5.10 Å². The van der Waals surface area contributed by atoms with E-state index in [4.69, 9.17) is 0 Å². The zero-order valence-electron chi connectivity index (χ0n) is 11.4. The first-order valence-corrected chi connectivity index (χ1v) is 7.03. The molecule has 0 fully saturated rings. The highest BCUT2D eigenvalue weighted by atomic mass is 79.9. The standard InChI is InChI=1S/C16H15BrN2O/c1-11-6-8-13(9-7-11)12(2)18-19-16(20)14-4-3-5-15(17)10-14/h3-10H,1-2H3,(H,19,20). The number of aryl methyl sites for hydroxylation is 1. The molecule has 0 spiro atoms. The predicted molar refractivity (Wildman–Crippen MR) is 85.0 cm³/mol. The van der Waals surface area contributed by atoms with Crippen LogP contribution in [0.5, 0.6) is 0 Å². The van der Waals surface area contributed by atoms with E-state index in [9.17, 15) is 4.79 Å². The number of halogens is 1. The summed E-state index contributed by atoms with van der Waals surface area (Å²) in [5.74, 6) is -0.224. The molecule has 0 saturated heterocycles. The zero-order valence-corrected chi connectivity index (χ0v) is 12.9. The number of rotatable bonds is 3. The summed E-state index contributed by atoms with van der Waals surface area (Å²) in [5, 5.41) is 4.13. The third kappa shape index (κ3) is 3.78. The third-order valence-corrected chi connectivity index (χ3v) is 3.37. The lowest BCUT2D eigenvalue weighted by atomic mass is 10.1. The van der Waals surface area contributed by atoms with E-state index in [-0.39, 0.29) is 5.91 Å². The number of carbonyl (C=O) groups excluding carboxylic acids is 1. The Morgan fingerprint density at radius 1 is 1.10 bits per heavy atom. The molecule has 0 aliphatic rings. The average Bonchev–Trinajstić information content (AvgIpc) is 2.45. The van der Waals surface area contributed by atoms with E-state index in [1.807, 2.05) is 50.2 Å². The van der Waals surface area contributed by atoms with E-state index in [2.05, 4.69) is 26.5 Å². The van der Waals surface area contributed by atoms with Gasteiger partial charge in [-0.05, 0) is 37.6 Å².